The summed E-state index contributed by atoms with van der Waals surface area (Å²) in [5.41, 5.74) is 5.06. The number of imide groups is 2. The zero-order chi connectivity index (χ0) is 24.1. The highest BCUT2D eigenvalue weighted by molar-refractivity contribution is 6.39. The maximum Gasteiger partial charge on any atom is 0.335 e. The average Bonchev–Trinajstić information content (AvgIpc) is 2.75. The standard InChI is InChI=1S/C26H27N3O4/c1-15-11-22-20(16(2)14-26(3,4)28(22)5)12-17(15)13-21-23(30)27-25(32)29(24(21)31)18-7-9-19(33-6)10-8-18/h7-14H,1-6H3,(H,27,30,32)/b21-13-. The highest BCUT2D eigenvalue weighted by Gasteiger charge is 2.37. The number of ether oxygens (including phenoxy) is 1. The van der Waals surface area contributed by atoms with Crippen molar-refractivity contribution in [3.05, 3.63) is 64.7 Å². The molecule has 7 nitrogen and oxygen atoms in total. The van der Waals surface area contributed by atoms with Crippen LogP contribution in [-0.4, -0.2) is 37.5 Å². The third-order valence-corrected chi connectivity index (χ3v) is 6.34. The number of anilines is 2. The second-order valence-corrected chi connectivity index (χ2v) is 8.92. The summed E-state index contributed by atoms with van der Waals surface area (Å²) in [4.78, 5) is 41.5. The van der Waals surface area contributed by atoms with Crippen LogP contribution in [0.4, 0.5) is 16.2 Å². The Morgan fingerprint density at radius 2 is 1.70 bits per heavy atom. The molecule has 4 amide bonds. The number of hydrogen-bond donors (Lipinski definition) is 1. The summed E-state index contributed by atoms with van der Waals surface area (Å²) >= 11 is 0. The smallest absolute Gasteiger partial charge is 0.335 e. The number of barbiturate groups is 1. The number of benzene rings is 2. The van der Waals surface area contributed by atoms with Crippen LogP contribution in [0, 0.1) is 6.92 Å². The fourth-order valence-electron chi connectivity index (χ4n) is 4.25. The Morgan fingerprint density at radius 1 is 1.03 bits per heavy atom. The van der Waals surface area contributed by atoms with E-state index in [1.807, 2.05) is 13.0 Å². The van der Waals surface area contributed by atoms with Gasteiger partial charge >= 0.3 is 6.03 Å². The van der Waals surface area contributed by atoms with Gasteiger partial charge in [0.25, 0.3) is 11.8 Å². The van der Waals surface area contributed by atoms with Crippen LogP contribution in [0.15, 0.2) is 48.0 Å². The number of fused-ring (bicyclic) bond motifs is 1. The Bertz CT molecular complexity index is 1240. The molecule has 2 aromatic rings. The van der Waals surface area contributed by atoms with E-state index in [1.54, 1.807) is 30.3 Å². The largest absolute Gasteiger partial charge is 0.497 e. The van der Waals surface area contributed by atoms with Gasteiger partial charge in [-0.3, -0.25) is 14.9 Å². The molecule has 0 aromatic heterocycles. The molecule has 33 heavy (non-hydrogen) atoms. The van der Waals surface area contributed by atoms with Crippen LogP contribution >= 0.6 is 0 Å². The van der Waals surface area contributed by atoms with Crippen LogP contribution in [-0.2, 0) is 9.59 Å². The van der Waals surface area contributed by atoms with Crippen LogP contribution in [0.2, 0.25) is 0 Å². The fourth-order valence-corrected chi connectivity index (χ4v) is 4.25. The molecule has 2 aromatic carbocycles. The summed E-state index contributed by atoms with van der Waals surface area (Å²) in [6.07, 6.45) is 3.76. The van der Waals surface area contributed by atoms with Crippen molar-refractivity contribution in [1.29, 1.82) is 0 Å². The normalized spacial score (nSPS) is 18.8. The highest BCUT2D eigenvalue weighted by atomic mass is 16.5. The predicted molar refractivity (Wildman–Crippen MR) is 129 cm³/mol. The number of urea groups is 1. The Kier molecular flexibility index (Phi) is 5.36. The van der Waals surface area contributed by atoms with Crippen molar-refractivity contribution >= 4 is 40.9 Å². The van der Waals surface area contributed by atoms with Crippen molar-refractivity contribution < 1.29 is 19.1 Å². The van der Waals surface area contributed by atoms with Crippen LogP contribution in [0.3, 0.4) is 0 Å². The topological polar surface area (TPSA) is 79.0 Å². The number of likely N-dealkylation sites (N-methyl/N-ethyl adjacent to an activating group) is 1. The van der Waals surface area contributed by atoms with Crippen molar-refractivity contribution in [2.75, 3.05) is 24.0 Å². The van der Waals surface area contributed by atoms with E-state index >= 15 is 0 Å². The van der Waals surface area contributed by atoms with Gasteiger partial charge in [0.1, 0.15) is 11.3 Å². The van der Waals surface area contributed by atoms with Gasteiger partial charge in [0, 0.05) is 18.3 Å². The first-order valence-electron chi connectivity index (χ1n) is 10.7. The number of rotatable bonds is 3. The molecule has 0 aliphatic carbocycles. The van der Waals surface area contributed by atoms with E-state index < -0.39 is 17.8 Å². The molecule has 4 rings (SSSR count). The minimum atomic E-state index is -0.780. The molecule has 1 N–H and O–H groups in total. The number of allylic oxidation sites excluding steroid dienone is 1. The zero-order valence-electron chi connectivity index (χ0n) is 19.6. The number of carbonyl (C=O) groups excluding carboxylic acids is 3. The lowest BCUT2D eigenvalue weighted by atomic mass is 9.87. The van der Waals surface area contributed by atoms with Crippen LogP contribution in [0.1, 0.15) is 37.5 Å². The van der Waals surface area contributed by atoms with Gasteiger partial charge in [-0.05, 0) is 86.9 Å². The van der Waals surface area contributed by atoms with E-state index in [0.717, 1.165) is 32.9 Å². The lowest BCUT2D eigenvalue weighted by Crippen LogP contribution is -2.54. The molecule has 1 fully saturated rings. The summed E-state index contributed by atoms with van der Waals surface area (Å²) in [5.74, 6) is -0.786. The molecule has 1 saturated heterocycles. The van der Waals surface area contributed by atoms with Crippen molar-refractivity contribution in [2.24, 2.45) is 0 Å². The van der Waals surface area contributed by atoms with Crippen LogP contribution in [0.25, 0.3) is 11.6 Å². The molecule has 0 radical (unpaired) electrons. The first-order chi connectivity index (χ1) is 15.5. The summed E-state index contributed by atoms with van der Waals surface area (Å²) < 4.78 is 5.14. The summed E-state index contributed by atoms with van der Waals surface area (Å²) in [6.45, 7) is 8.31. The molecule has 0 bridgehead atoms. The van der Waals surface area contributed by atoms with Gasteiger partial charge in [-0.2, -0.15) is 0 Å². The number of aryl methyl sites for hydroxylation is 1. The minimum absolute atomic E-state index is 0.0976. The van der Waals surface area contributed by atoms with Crippen LogP contribution in [0.5, 0.6) is 5.75 Å². The minimum Gasteiger partial charge on any atom is -0.497 e. The molecule has 2 heterocycles. The third-order valence-electron chi connectivity index (χ3n) is 6.34. The molecule has 0 saturated carbocycles. The molecule has 0 spiro atoms. The Hall–Kier alpha value is -3.87. The lowest BCUT2D eigenvalue weighted by molar-refractivity contribution is -0.122. The second kappa shape index (κ2) is 7.92. The molecule has 170 valence electrons. The predicted octanol–water partition coefficient (Wildman–Crippen LogP) is 4.30. The van der Waals surface area contributed by atoms with Gasteiger partial charge in [-0.25, -0.2) is 9.69 Å². The molecule has 0 unspecified atom stereocenters. The van der Waals surface area contributed by atoms with E-state index in [9.17, 15) is 14.4 Å². The summed E-state index contributed by atoms with van der Waals surface area (Å²) in [5, 5.41) is 2.27. The number of methoxy groups -OCH3 is 1. The van der Waals surface area contributed by atoms with E-state index in [4.69, 9.17) is 4.74 Å². The number of hydrogen-bond acceptors (Lipinski definition) is 5. The summed E-state index contributed by atoms with van der Waals surface area (Å²) in [7, 11) is 3.58. The van der Waals surface area contributed by atoms with Gasteiger partial charge < -0.3 is 9.64 Å². The molecule has 0 atom stereocenters. The van der Waals surface area contributed by atoms with Gasteiger partial charge in [0.05, 0.1) is 18.3 Å². The number of nitrogens with zero attached hydrogens (tertiary/aromatic N) is 2. The third kappa shape index (κ3) is 3.80. The average molecular weight is 446 g/mol. The first kappa shape index (κ1) is 22.3. The molecular formula is C26H27N3O4. The van der Waals surface area contributed by atoms with Crippen molar-refractivity contribution in [3.8, 4) is 5.75 Å². The fraction of sp³-hybridized carbons (Fsp3) is 0.269. The number of nitrogens with one attached hydrogen (secondary N) is 1. The number of amides is 4. The number of carbonyl (C=O) groups is 3. The molecule has 2 aliphatic heterocycles. The van der Waals surface area contributed by atoms with Crippen molar-refractivity contribution in [3.63, 3.8) is 0 Å². The highest BCUT2D eigenvalue weighted by Crippen LogP contribution is 2.39. The maximum atomic E-state index is 13.2. The first-order valence-corrected chi connectivity index (χ1v) is 10.7. The van der Waals surface area contributed by atoms with E-state index in [1.165, 1.54) is 7.11 Å². The molecule has 7 heteroatoms. The van der Waals surface area contributed by atoms with E-state index in [0.29, 0.717) is 11.4 Å². The Labute approximate surface area is 193 Å². The van der Waals surface area contributed by atoms with E-state index in [-0.39, 0.29) is 11.1 Å². The van der Waals surface area contributed by atoms with Crippen molar-refractivity contribution in [2.45, 2.75) is 33.2 Å². The SMILES string of the molecule is COc1ccc(N2C(=O)NC(=O)/C(=C/c3cc4c(cc3C)N(C)C(C)(C)C=C4C)C2=O)cc1. The monoisotopic (exact) mass is 445 g/mol. The maximum absolute atomic E-state index is 13.2. The van der Waals surface area contributed by atoms with Gasteiger partial charge in [0.15, 0.2) is 0 Å². The van der Waals surface area contributed by atoms with Crippen molar-refractivity contribution in [1.82, 2.24) is 5.32 Å². The second-order valence-electron chi connectivity index (χ2n) is 8.92. The summed E-state index contributed by atoms with van der Waals surface area (Å²) in [6, 6.07) is 9.77. The lowest BCUT2D eigenvalue weighted by Gasteiger charge is -2.41. The zero-order valence-corrected chi connectivity index (χ0v) is 19.6. The van der Waals surface area contributed by atoms with Gasteiger partial charge in [-0.1, -0.05) is 6.08 Å². The Balaban J connectivity index is 1.76. The molecular weight excluding hydrogens is 418 g/mol. The van der Waals surface area contributed by atoms with E-state index in [2.05, 4.69) is 50.2 Å². The van der Waals surface area contributed by atoms with Gasteiger partial charge in [-0.15, -0.1) is 0 Å². The van der Waals surface area contributed by atoms with Gasteiger partial charge in [0.2, 0.25) is 0 Å². The van der Waals surface area contributed by atoms with Crippen LogP contribution < -0.4 is 19.9 Å². The molecule has 2 aliphatic rings. The quantitative estimate of drug-likeness (QED) is 0.563. The Morgan fingerprint density at radius 3 is 2.33 bits per heavy atom.